The highest BCUT2D eigenvalue weighted by Gasteiger charge is 2.42. The summed E-state index contributed by atoms with van der Waals surface area (Å²) in [4.78, 5) is 0. The van der Waals surface area contributed by atoms with Gasteiger partial charge in [0.05, 0.1) is 18.1 Å². The Labute approximate surface area is 101 Å². The number of hydrogen-bond donors (Lipinski definition) is 1. The zero-order valence-electron chi connectivity index (χ0n) is 9.83. The Kier molecular flexibility index (Phi) is 2.44. The molecule has 3 rings (SSSR count). The lowest BCUT2D eigenvalue weighted by Gasteiger charge is -2.18. The second-order valence-corrected chi connectivity index (χ2v) is 5.02. The molecule has 1 heterocycles. The highest BCUT2D eigenvalue weighted by atomic mass is 16.5. The summed E-state index contributed by atoms with van der Waals surface area (Å²) in [6.45, 7) is 1.60. The van der Waals surface area contributed by atoms with E-state index in [1.54, 1.807) is 0 Å². The van der Waals surface area contributed by atoms with Crippen molar-refractivity contribution in [2.45, 2.75) is 25.7 Å². The molecule has 1 aromatic rings. The number of hydrogen-bond acceptors (Lipinski definition) is 3. The van der Waals surface area contributed by atoms with Gasteiger partial charge in [-0.2, -0.15) is 5.26 Å². The van der Waals surface area contributed by atoms with Gasteiger partial charge in [-0.25, -0.2) is 0 Å². The molecule has 0 radical (unpaired) electrons. The number of ether oxygens (including phenoxy) is 1. The molecule has 1 saturated carbocycles. The Bertz CT molecular complexity index is 472. The molecule has 1 aliphatic heterocycles. The third-order valence-electron chi connectivity index (χ3n) is 3.63. The summed E-state index contributed by atoms with van der Waals surface area (Å²) in [5.74, 6) is 1.02. The summed E-state index contributed by atoms with van der Waals surface area (Å²) in [5.41, 5.74) is 2.30. The number of nitrogens with zero attached hydrogens (tertiary/aromatic N) is 1. The van der Waals surface area contributed by atoms with Gasteiger partial charge < -0.3 is 10.1 Å². The van der Waals surface area contributed by atoms with Gasteiger partial charge in [0.1, 0.15) is 5.75 Å². The van der Waals surface area contributed by atoms with Gasteiger partial charge in [0, 0.05) is 12.2 Å². The van der Waals surface area contributed by atoms with Crippen LogP contribution in [0.3, 0.4) is 0 Å². The molecule has 0 atom stereocenters. The Balaban J connectivity index is 1.70. The molecule has 17 heavy (non-hydrogen) atoms. The van der Waals surface area contributed by atoms with Gasteiger partial charge in [0.2, 0.25) is 0 Å². The van der Waals surface area contributed by atoms with Crippen LogP contribution in [0.15, 0.2) is 18.2 Å². The van der Waals surface area contributed by atoms with E-state index < -0.39 is 0 Å². The minimum Gasteiger partial charge on any atom is -0.493 e. The number of rotatable bonds is 3. The molecule has 0 aromatic heterocycles. The van der Waals surface area contributed by atoms with E-state index in [0.717, 1.165) is 50.3 Å². The van der Waals surface area contributed by atoms with Crippen molar-refractivity contribution in [1.29, 1.82) is 5.26 Å². The van der Waals surface area contributed by atoms with Crippen LogP contribution in [-0.4, -0.2) is 13.2 Å². The van der Waals surface area contributed by atoms with Crippen molar-refractivity contribution in [2.24, 2.45) is 5.41 Å². The minimum absolute atomic E-state index is 0.0909. The minimum atomic E-state index is -0.0909. The molecule has 0 bridgehead atoms. The van der Waals surface area contributed by atoms with Crippen LogP contribution in [0.1, 0.15) is 24.8 Å². The van der Waals surface area contributed by atoms with Crippen molar-refractivity contribution in [3.8, 4) is 11.8 Å². The molecule has 3 nitrogen and oxygen atoms in total. The van der Waals surface area contributed by atoms with Gasteiger partial charge >= 0.3 is 0 Å². The lowest BCUT2D eigenvalue weighted by Crippen LogP contribution is -2.14. The van der Waals surface area contributed by atoms with E-state index in [2.05, 4.69) is 17.5 Å². The van der Waals surface area contributed by atoms with Crippen molar-refractivity contribution >= 4 is 5.69 Å². The molecule has 1 aromatic carbocycles. The van der Waals surface area contributed by atoms with Gasteiger partial charge in [0.25, 0.3) is 0 Å². The molecule has 88 valence electrons. The molecule has 2 aliphatic rings. The Morgan fingerprint density at radius 1 is 1.41 bits per heavy atom. The molecule has 1 fully saturated rings. The van der Waals surface area contributed by atoms with E-state index >= 15 is 0 Å². The topological polar surface area (TPSA) is 45.0 Å². The van der Waals surface area contributed by atoms with Crippen molar-refractivity contribution in [1.82, 2.24) is 0 Å². The number of benzene rings is 1. The van der Waals surface area contributed by atoms with E-state index in [0.29, 0.717) is 0 Å². The standard InChI is InChI=1S/C14H16N2O/c15-9-14(5-6-14)10-16-12-3-4-13-11(8-12)2-1-7-17-13/h3-4,8,16H,1-2,5-7,10H2. The first-order valence-electron chi connectivity index (χ1n) is 6.22. The summed E-state index contributed by atoms with van der Waals surface area (Å²) in [6, 6.07) is 8.62. The van der Waals surface area contributed by atoms with Crippen molar-refractivity contribution in [2.75, 3.05) is 18.5 Å². The van der Waals surface area contributed by atoms with Crippen LogP contribution in [0.4, 0.5) is 5.69 Å². The average molecular weight is 228 g/mol. The second-order valence-electron chi connectivity index (χ2n) is 5.02. The van der Waals surface area contributed by atoms with Gasteiger partial charge in [-0.1, -0.05) is 0 Å². The largest absolute Gasteiger partial charge is 0.493 e. The fourth-order valence-electron chi connectivity index (χ4n) is 2.22. The van der Waals surface area contributed by atoms with E-state index in [1.807, 2.05) is 12.1 Å². The monoisotopic (exact) mass is 228 g/mol. The molecule has 0 unspecified atom stereocenters. The van der Waals surface area contributed by atoms with Gasteiger partial charge in [-0.15, -0.1) is 0 Å². The van der Waals surface area contributed by atoms with Crippen LogP contribution < -0.4 is 10.1 Å². The van der Waals surface area contributed by atoms with Crippen LogP contribution in [-0.2, 0) is 6.42 Å². The maximum absolute atomic E-state index is 9.02. The molecule has 1 aliphatic carbocycles. The number of nitrogens with one attached hydrogen (secondary N) is 1. The van der Waals surface area contributed by atoms with Crippen molar-refractivity contribution in [3.05, 3.63) is 23.8 Å². The highest BCUT2D eigenvalue weighted by molar-refractivity contribution is 5.52. The Morgan fingerprint density at radius 3 is 3.06 bits per heavy atom. The van der Waals surface area contributed by atoms with E-state index in [-0.39, 0.29) is 5.41 Å². The maximum Gasteiger partial charge on any atom is 0.122 e. The summed E-state index contributed by atoms with van der Waals surface area (Å²) in [7, 11) is 0. The summed E-state index contributed by atoms with van der Waals surface area (Å²) in [6.07, 6.45) is 4.25. The lowest BCUT2D eigenvalue weighted by atomic mass is 10.1. The summed E-state index contributed by atoms with van der Waals surface area (Å²) in [5, 5.41) is 12.4. The van der Waals surface area contributed by atoms with E-state index in [9.17, 15) is 0 Å². The van der Waals surface area contributed by atoms with E-state index in [1.165, 1.54) is 5.56 Å². The number of nitriles is 1. The predicted octanol–water partition coefficient (Wildman–Crippen LogP) is 2.73. The fourth-order valence-corrected chi connectivity index (χ4v) is 2.22. The zero-order valence-corrected chi connectivity index (χ0v) is 9.83. The first-order valence-corrected chi connectivity index (χ1v) is 6.22. The second kappa shape index (κ2) is 3.96. The average Bonchev–Trinajstić information content (AvgIpc) is 3.17. The SMILES string of the molecule is N#CC1(CNc2ccc3c(c2)CCCO3)CC1. The normalized spacial score (nSPS) is 19.7. The summed E-state index contributed by atoms with van der Waals surface area (Å²) >= 11 is 0. The molecular formula is C14H16N2O. The van der Waals surface area contributed by atoms with Gasteiger partial charge in [0.15, 0.2) is 0 Å². The summed E-state index contributed by atoms with van der Waals surface area (Å²) < 4.78 is 5.58. The number of anilines is 1. The molecule has 0 saturated heterocycles. The molecular weight excluding hydrogens is 212 g/mol. The van der Waals surface area contributed by atoms with Crippen LogP contribution in [0, 0.1) is 16.7 Å². The highest BCUT2D eigenvalue weighted by Crippen LogP contribution is 2.44. The predicted molar refractivity (Wildman–Crippen MR) is 66.0 cm³/mol. The van der Waals surface area contributed by atoms with Crippen LogP contribution in [0.5, 0.6) is 5.75 Å². The Morgan fingerprint density at radius 2 is 2.29 bits per heavy atom. The zero-order chi connectivity index (χ0) is 11.7. The van der Waals surface area contributed by atoms with Crippen LogP contribution in [0.2, 0.25) is 0 Å². The lowest BCUT2D eigenvalue weighted by molar-refractivity contribution is 0.288. The molecule has 3 heteroatoms. The third-order valence-corrected chi connectivity index (χ3v) is 3.63. The molecule has 0 amide bonds. The third kappa shape index (κ3) is 2.08. The maximum atomic E-state index is 9.02. The van der Waals surface area contributed by atoms with Crippen LogP contribution in [0.25, 0.3) is 0 Å². The number of fused-ring (bicyclic) bond motifs is 1. The molecule has 0 spiro atoms. The van der Waals surface area contributed by atoms with E-state index in [4.69, 9.17) is 10.00 Å². The fraction of sp³-hybridized carbons (Fsp3) is 0.500. The first-order chi connectivity index (χ1) is 8.31. The first kappa shape index (κ1) is 10.5. The number of aryl methyl sites for hydroxylation is 1. The smallest absolute Gasteiger partial charge is 0.122 e. The molecule has 1 N–H and O–H groups in total. The van der Waals surface area contributed by atoms with Gasteiger partial charge in [-0.05, 0) is 49.4 Å². The van der Waals surface area contributed by atoms with Crippen molar-refractivity contribution < 1.29 is 4.74 Å². The quantitative estimate of drug-likeness (QED) is 0.865. The Hall–Kier alpha value is -1.69. The van der Waals surface area contributed by atoms with Crippen LogP contribution >= 0.6 is 0 Å². The van der Waals surface area contributed by atoms with Crippen molar-refractivity contribution in [3.63, 3.8) is 0 Å². The van der Waals surface area contributed by atoms with Gasteiger partial charge in [-0.3, -0.25) is 0 Å².